The average Bonchev–Trinajstić information content (AvgIpc) is 2.68. The maximum Gasteiger partial charge on any atom is 0.326 e. The maximum absolute atomic E-state index is 12.0. The van der Waals surface area contributed by atoms with Crippen molar-refractivity contribution in [3.8, 4) is 0 Å². The molecule has 1 aliphatic rings. The van der Waals surface area contributed by atoms with Crippen LogP contribution in [0.3, 0.4) is 0 Å². The quantitative estimate of drug-likeness (QED) is 0.589. The van der Waals surface area contributed by atoms with E-state index in [0.717, 1.165) is 4.90 Å². The number of carbonyl (C=O) groups excluding carboxylic acids is 1. The van der Waals surface area contributed by atoms with Crippen molar-refractivity contribution in [2.75, 3.05) is 20.2 Å². The average molecular weight is 246 g/mol. The van der Waals surface area contributed by atoms with E-state index in [1.807, 2.05) is 0 Å². The summed E-state index contributed by atoms with van der Waals surface area (Å²) in [5.74, 6) is -1.13. The van der Waals surface area contributed by atoms with Crippen molar-refractivity contribution in [2.45, 2.75) is 31.5 Å². The number of β-amino-alcohol motifs (C(OH)–C–C–N with tert-alkyl or cyclic N) is 1. The monoisotopic (exact) mass is 246 g/mol. The molecule has 0 radical (unpaired) electrons. The zero-order chi connectivity index (χ0) is 13.2. The standard InChI is InChI=1S/C10H18N2O5/c1-6(5-13)11(2)10(17)12-4-7(14)3-8(12)9(15)16/h6-8,13-14H,3-5H2,1-2H3,(H,15,16). The molecule has 0 bridgehead atoms. The van der Waals surface area contributed by atoms with Crippen LogP contribution in [-0.4, -0.2) is 75.5 Å². The number of aliphatic carboxylic acids is 1. The second kappa shape index (κ2) is 5.33. The van der Waals surface area contributed by atoms with E-state index in [9.17, 15) is 14.7 Å². The van der Waals surface area contributed by atoms with Gasteiger partial charge in [0.05, 0.1) is 18.8 Å². The minimum absolute atomic E-state index is 0.0122. The number of amides is 2. The summed E-state index contributed by atoms with van der Waals surface area (Å²) in [5.41, 5.74) is 0. The summed E-state index contributed by atoms with van der Waals surface area (Å²) < 4.78 is 0. The largest absolute Gasteiger partial charge is 0.480 e. The number of hydrogen-bond acceptors (Lipinski definition) is 4. The molecule has 7 heteroatoms. The predicted octanol–water partition coefficient (Wildman–Crippen LogP) is -1.06. The molecule has 3 atom stereocenters. The maximum atomic E-state index is 12.0. The Balaban J connectivity index is 2.77. The Morgan fingerprint density at radius 3 is 2.59 bits per heavy atom. The van der Waals surface area contributed by atoms with Crippen molar-refractivity contribution in [3.63, 3.8) is 0 Å². The highest BCUT2D eigenvalue weighted by Gasteiger charge is 2.40. The van der Waals surface area contributed by atoms with Crippen LogP contribution in [0.1, 0.15) is 13.3 Å². The first kappa shape index (κ1) is 13.7. The van der Waals surface area contributed by atoms with E-state index in [0.29, 0.717) is 0 Å². The van der Waals surface area contributed by atoms with Crippen LogP contribution >= 0.6 is 0 Å². The first-order valence-electron chi connectivity index (χ1n) is 5.43. The summed E-state index contributed by atoms with van der Waals surface area (Å²) in [5, 5.41) is 27.3. The molecule has 98 valence electrons. The topological polar surface area (TPSA) is 101 Å². The van der Waals surface area contributed by atoms with Crippen LogP contribution in [0.25, 0.3) is 0 Å². The molecule has 7 nitrogen and oxygen atoms in total. The number of aliphatic hydroxyl groups is 2. The molecule has 1 rings (SSSR count). The number of carboxylic acids is 1. The van der Waals surface area contributed by atoms with Gasteiger partial charge in [-0.25, -0.2) is 9.59 Å². The van der Waals surface area contributed by atoms with Gasteiger partial charge in [-0.05, 0) is 6.92 Å². The third-order valence-corrected chi connectivity index (χ3v) is 3.04. The number of carboxylic acid groups (broad SMARTS) is 1. The first-order valence-corrected chi connectivity index (χ1v) is 5.43. The highest BCUT2D eigenvalue weighted by molar-refractivity contribution is 5.83. The summed E-state index contributed by atoms with van der Waals surface area (Å²) in [6, 6.07) is -1.88. The van der Waals surface area contributed by atoms with Gasteiger partial charge in [0.25, 0.3) is 0 Å². The lowest BCUT2D eigenvalue weighted by molar-refractivity contribution is -0.141. The van der Waals surface area contributed by atoms with Crippen molar-refractivity contribution in [1.82, 2.24) is 9.80 Å². The minimum atomic E-state index is -1.13. The molecule has 0 aromatic rings. The number of hydrogen-bond donors (Lipinski definition) is 3. The summed E-state index contributed by atoms with van der Waals surface area (Å²) in [6.07, 6.45) is -0.763. The van der Waals surface area contributed by atoms with Crippen molar-refractivity contribution >= 4 is 12.0 Å². The van der Waals surface area contributed by atoms with Gasteiger partial charge in [0.15, 0.2) is 0 Å². The van der Waals surface area contributed by atoms with Gasteiger partial charge in [0.2, 0.25) is 0 Å². The van der Waals surface area contributed by atoms with Gasteiger partial charge in [-0.3, -0.25) is 0 Å². The van der Waals surface area contributed by atoms with Gasteiger partial charge >= 0.3 is 12.0 Å². The third-order valence-electron chi connectivity index (χ3n) is 3.04. The first-order chi connectivity index (χ1) is 7.88. The summed E-state index contributed by atoms with van der Waals surface area (Å²) >= 11 is 0. The smallest absolute Gasteiger partial charge is 0.326 e. The molecule has 2 amide bonds. The molecule has 0 aromatic heterocycles. The number of rotatable bonds is 3. The van der Waals surface area contributed by atoms with Crippen LogP contribution in [0.5, 0.6) is 0 Å². The number of aliphatic hydroxyl groups excluding tert-OH is 2. The summed E-state index contributed by atoms with van der Waals surface area (Å²) in [6.45, 7) is 1.47. The highest BCUT2D eigenvalue weighted by Crippen LogP contribution is 2.20. The Labute approximate surface area is 99.2 Å². The molecular formula is C10H18N2O5. The molecule has 0 aliphatic carbocycles. The Morgan fingerprint density at radius 1 is 1.53 bits per heavy atom. The van der Waals surface area contributed by atoms with E-state index in [1.54, 1.807) is 6.92 Å². The Kier molecular flexibility index (Phi) is 4.30. The number of urea groups is 1. The molecule has 1 aliphatic heterocycles. The lowest BCUT2D eigenvalue weighted by Crippen LogP contribution is -2.50. The molecule has 17 heavy (non-hydrogen) atoms. The molecule has 0 aromatic carbocycles. The van der Waals surface area contributed by atoms with Crippen LogP contribution in [0.4, 0.5) is 4.79 Å². The fourth-order valence-corrected chi connectivity index (χ4v) is 1.77. The summed E-state index contributed by atoms with van der Waals surface area (Å²) in [4.78, 5) is 25.3. The number of carbonyl (C=O) groups is 2. The SMILES string of the molecule is CC(CO)N(C)C(=O)N1CC(O)CC1C(=O)O. The van der Waals surface area contributed by atoms with Crippen LogP contribution in [0, 0.1) is 0 Å². The van der Waals surface area contributed by atoms with Gasteiger partial charge in [-0.2, -0.15) is 0 Å². The van der Waals surface area contributed by atoms with Crippen LogP contribution in [-0.2, 0) is 4.79 Å². The van der Waals surface area contributed by atoms with Gasteiger partial charge < -0.3 is 25.1 Å². The molecule has 3 unspecified atom stereocenters. The molecular weight excluding hydrogens is 228 g/mol. The zero-order valence-electron chi connectivity index (χ0n) is 9.91. The van der Waals surface area contributed by atoms with Crippen molar-refractivity contribution < 1.29 is 24.9 Å². The number of likely N-dealkylation sites (N-methyl/N-ethyl adjacent to an activating group) is 1. The van der Waals surface area contributed by atoms with Gasteiger partial charge in [0, 0.05) is 20.0 Å². The van der Waals surface area contributed by atoms with Crippen LogP contribution in [0.2, 0.25) is 0 Å². The molecule has 1 heterocycles. The fraction of sp³-hybridized carbons (Fsp3) is 0.800. The van der Waals surface area contributed by atoms with Gasteiger partial charge in [-0.15, -0.1) is 0 Å². The third kappa shape index (κ3) is 2.86. The number of nitrogens with zero attached hydrogens (tertiary/aromatic N) is 2. The van der Waals surface area contributed by atoms with E-state index >= 15 is 0 Å². The Bertz CT molecular complexity index is 309. The van der Waals surface area contributed by atoms with E-state index in [4.69, 9.17) is 10.2 Å². The highest BCUT2D eigenvalue weighted by atomic mass is 16.4. The molecule has 1 fully saturated rings. The van der Waals surface area contributed by atoms with E-state index < -0.39 is 30.2 Å². The zero-order valence-corrected chi connectivity index (χ0v) is 9.91. The molecule has 0 spiro atoms. The van der Waals surface area contributed by atoms with E-state index in [2.05, 4.69) is 0 Å². The van der Waals surface area contributed by atoms with Gasteiger partial charge in [0.1, 0.15) is 6.04 Å². The van der Waals surface area contributed by atoms with E-state index in [1.165, 1.54) is 11.9 Å². The van der Waals surface area contributed by atoms with E-state index in [-0.39, 0.29) is 19.6 Å². The normalized spacial score (nSPS) is 25.8. The Hall–Kier alpha value is -1.34. The van der Waals surface area contributed by atoms with Gasteiger partial charge in [-0.1, -0.05) is 0 Å². The van der Waals surface area contributed by atoms with Crippen molar-refractivity contribution in [3.05, 3.63) is 0 Å². The summed E-state index contributed by atoms with van der Waals surface area (Å²) in [7, 11) is 1.49. The number of likely N-dealkylation sites (tertiary alicyclic amines) is 1. The van der Waals surface area contributed by atoms with Crippen molar-refractivity contribution in [1.29, 1.82) is 0 Å². The lowest BCUT2D eigenvalue weighted by Gasteiger charge is -2.30. The van der Waals surface area contributed by atoms with Crippen LogP contribution in [0.15, 0.2) is 0 Å². The van der Waals surface area contributed by atoms with Crippen molar-refractivity contribution in [2.24, 2.45) is 0 Å². The fourth-order valence-electron chi connectivity index (χ4n) is 1.77. The second-order valence-electron chi connectivity index (χ2n) is 4.32. The molecule has 3 N–H and O–H groups in total. The minimum Gasteiger partial charge on any atom is -0.480 e. The van der Waals surface area contributed by atoms with Crippen LogP contribution < -0.4 is 0 Å². The molecule has 0 saturated carbocycles. The Morgan fingerprint density at radius 2 is 2.12 bits per heavy atom. The molecule has 1 saturated heterocycles. The lowest BCUT2D eigenvalue weighted by atomic mass is 10.2. The second-order valence-corrected chi connectivity index (χ2v) is 4.32. The predicted molar refractivity (Wildman–Crippen MR) is 58.5 cm³/mol.